The molecule has 2 aliphatic rings. The van der Waals surface area contributed by atoms with E-state index in [0.717, 1.165) is 32.3 Å². The summed E-state index contributed by atoms with van der Waals surface area (Å²) in [6.07, 6.45) is 3.71. The molecule has 0 aromatic heterocycles. The molecule has 1 aromatic carbocycles. The zero-order valence-corrected chi connectivity index (χ0v) is 11.3. The van der Waals surface area contributed by atoms with Gasteiger partial charge in [0.1, 0.15) is 5.82 Å². The van der Waals surface area contributed by atoms with E-state index in [1.165, 1.54) is 6.07 Å². The fourth-order valence-electron chi connectivity index (χ4n) is 2.71. The second-order valence-electron chi connectivity index (χ2n) is 5.53. The van der Waals surface area contributed by atoms with E-state index in [1.807, 2.05) is 0 Å². The molecule has 2 amide bonds. The van der Waals surface area contributed by atoms with Gasteiger partial charge in [-0.05, 0) is 31.7 Å². The summed E-state index contributed by atoms with van der Waals surface area (Å²) < 4.78 is 19.3. The van der Waals surface area contributed by atoms with Crippen LogP contribution < -0.4 is 10.6 Å². The lowest BCUT2D eigenvalue weighted by molar-refractivity contribution is 0.111. The molecule has 1 aliphatic carbocycles. The Labute approximate surface area is 117 Å². The van der Waals surface area contributed by atoms with Crippen LogP contribution in [0.15, 0.2) is 24.3 Å². The first kappa shape index (κ1) is 13.4. The van der Waals surface area contributed by atoms with E-state index < -0.39 is 5.54 Å². The molecule has 2 fully saturated rings. The average Bonchev–Trinajstić information content (AvgIpc) is 3.02. The van der Waals surface area contributed by atoms with Crippen LogP contribution in [-0.4, -0.2) is 25.3 Å². The lowest BCUT2D eigenvalue weighted by Gasteiger charge is -2.20. The number of ether oxygens (including phenoxy) is 1. The maximum absolute atomic E-state index is 13.8. The highest BCUT2D eigenvalue weighted by Gasteiger charge is 2.47. The van der Waals surface area contributed by atoms with Crippen LogP contribution in [0.25, 0.3) is 0 Å². The van der Waals surface area contributed by atoms with E-state index in [1.54, 1.807) is 18.2 Å². The molecule has 1 aliphatic heterocycles. The number of nitrogens with one attached hydrogen (secondary N) is 2. The second-order valence-corrected chi connectivity index (χ2v) is 5.53. The summed E-state index contributed by atoms with van der Waals surface area (Å²) in [4.78, 5) is 11.9. The highest BCUT2D eigenvalue weighted by molar-refractivity contribution is 5.75. The number of amides is 2. The Balaban J connectivity index is 1.57. The van der Waals surface area contributed by atoms with E-state index in [2.05, 4.69) is 10.6 Å². The molecule has 1 heterocycles. The minimum Gasteiger partial charge on any atom is -0.376 e. The van der Waals surface area contributed by atoms with E-state index in [0.29, 0.717) is 12.1 Å². The van der Waals surface area contributed by atoms with Gasteiger partial charge in [0.2, 0.25) is 0 Å². The van der Waals surface area contributed by atoms with Crippen molar-refractivity contribution in [3.63, 3.8) is 0 Å². The molecule has 1 saturated carbocycles. The van der Waals surface area contributed by atoms with E-state index in [4.69, 9.17) is 4.74 Å². The average molecular weight is 278 g/mol. The number of hydrogen-bond acceptors (Lipinski definition) is 2. The first-order valence-electron chi connectivity index (χ1n) is 7.12. The molecule has 1 unspecified atom stereocenters. The van der Waals surface area contributed by atoms with Crippen molar-refractivity contribution < 1.29 is 13.9 Å². The van der Waals surface area contributed by atoms with Crippen LogP contribution in [0.3, 0.4) is 0 Å². The van der Waals surface area contributed by atoms with Gasteiger partial charge in [-0.1, -0.05) is 18.2 Å². The van der Waals surface area contributed by atoms with Crippen LogP contribution in [0.2, 0.25) is 0 Å². The smallest absolute Gasteiger partial charge is 0.315 e. The van der Waals surface area contributed by atoms with Crippen molar-refractivity contribution in [2.75, 3.05) is 13.2 Å². The Hall–Kier alpha value is -1.62. The van der Waals surface area contributed by atoms with Crippen LogP contribution >= 0.6 is 0 Å². The molecule has 108 valence electrons. The van der Waals surface area contributed by atoms with Crippen molar-refractivity contribution in [3.8, 4) is 0 Å². The fourth-order valence-corrected chi connectivity index (χ4v) is 2.71. The lowest BCUT2D eigenvalue weighted by Crippen LogP contribution is -2.44. The topological polar surface area (TPSA) is 50.4 Å². The third-order valence-electron chi connectivity index (χ3n) is 4.01. The number of urea groups is 1. The SMILES string of the molecule is O=C(NCC1CCCO1)NC1(c2ccccc2F)CC1. The maximum atomic E-state index is 13.8. The number of carbonyl (C=O) groups is 1. The summed E-state index contributed by atoms with van der Waals surface area (Å²) >= 11 is 0. The third-order valence-corrected chi connectivity index (χ3v) is 4.01. The minimum atomic E-state index is -0.522. The zero-order chi connectivity index (χ0) is 14.0. The molecule has 1 aromatic rings. The molecule has 20 heavy (non-hydrogen) atoms. The molecule has 2 N–H and O–H groups in total. The molecule has 4 nitrogen and oxygen atoms in total. The van der Waals surface area contributed by atoms with Crippen LogP contribution in [0, 0.1) is 5.82 Å². The summed E-state index contributed by atoms with van der Waals surface area (Å²) in [5.41, 5.74) is 0.0543. The second kappa shape index (κ2) is 5.40. The van der Waals surface area contributed by atoms with Gasteiger partial charge >= 0.3 is 6.03 Å². The van der Waals surface area contributed by atoms with Crippen LogP contribution in [-0.2, 0) is 10.3 Å². The quantitative estimate of drug-likeness (QED) is 0.888. The van der Waals surface area contributed by atoms with Crippen molar-refractivity contribution in [3.05, 3.63) is 35.6 Å². The molecule has 1 atom stereocenters. The van der Waals surface area contributed by atoms with Crippen LogP contribution in [0.4, 0.5) is 9.18 Å². The first-order chi connectivity index (χ1) is 9.70. The zero-order valence-electron chi connectivity index (χ0n) is 11.3. The van der Waals surface area contributed by atoms with Gasteiger partial charge in [-0.2, -0.15) is 0 Å². The summed E-state index contributed by atoms with van der Waals surface area (Å²) in [6, 6.07) is 6.38. The standard InChI is InChI=1S/C15H19FN2O2/c16-13-6-2-1-5-12(13)15(7-8-15)18-14(19)17-10-11-4-3-9-20-11/h1-2,5-6,11H,3-4,7-10H2,(H2,17,18,19). The van der Waals surface area contributed by atoms with Gasteiger partial charge in [-0.15, -0.1) is 0 Å². The molecular formula is C15H19FN2O2. The van der Waals surface area contributed by atoms with Crippen molar-refractivity contribution >= 4 is 6.03 Å². The van der Waals surface area contributed by atoms with Gasteiger partial charge in [0.15, 0.2) is 0 Å². The Morgan fingerprint density at radius 3 is 2.85 bits per heavy atom. The van der Waals surface area contributed by atoms with Crippen molar-refractivity contribution in [2.24, 2.45) is 0 Å². The maximum Gasteiger partial charge on any atom is 0.315 e. The van der Waals surface area contributed by atoms with Crippen LogP contribution in [0.1, 0.15) is 31.2 Å². The van der Waals surface area contributed by atoms with Gasteiger partial charge in [-0.3, -0.25) is 0 Å². The Morgan fingerprint density at radius 1 is 1.40 bits per heavy atom. The van der Waals surface area contributed by atoms with E-state index in [-0.39, 0.29) is 18.0 Å². The molecule has 5 heteroatoms. The molecule has 3 rings (SSSR count). The molecule has 0 spiro atoms. The number of hydrogen-bond donors (Lipinski definition) is 2. The van der Waals surface area contributed by atoms with E-state index >= 15 is 0 Å². The summed E-state index contributed by atoms with van der Waals surface area (Å²) in [5, 5.41) is 5.72. The highest BCUT2D eigenvalue weighted by atomic mass is 19.1. The first-order valence-corrected chi connectivity index (χ1v) is 7.12. The monoisotopic (exact) mass is 278 g/mol. The van der Waals surface area contributed by atoms with Gasteiger partial charge < -0.3 is 15.4 Å². The number of carbonyl (C=O) groups excluding carboxylic acids is 1. The summed E-state index contributed by atoms with van der Waals surface area (Å²) in [5.74, 6) is -0.260. The predicted octanol–water partition coefficient (Wildman–Crippen LogP) is 2.29. The van der Waals surface area contributed by atoms with Crippen molar-refractivity contribution in [1.29, 1.82) is 0 Å². The summed E-state index contributed by atoms with van der Waals surface area (Å²) in [6.45, 7) is 1.28. The van der Waals surface area contributed by atoms with Crippen molar-refractivity contribution in [1.82, 2.24) is 10.6 Å². The largest absolute Gasteiger partial charge is 0.376 e. The third kappa shape index (κ3) is 2.77. The Bertz CT molecular complexity index is 496. The Morgan fingerprint density at radius 2 is 2.20 bits per heavy atom. The van der Waals surface area contributed by atoms with Gasteiger partial charge in [-0.25, -0.2) is 9.18 Å². The number of halogens is 1. The minimum absolute atomic E-state index is 0.115. The molecule has 0 bridgehead atoms. The predicted molar refractivity (Wildman–Crippen MR) is 72.8 cm³/mol. The van der Waals surface area contributed by atoms with E-state index in [9.17, 15) is 9.18 Å². The van der Waals surface area contributed by atoms with Gasteiger partial charge in [0.25, 0.3) is 0 Å². The van der Waals surface area contributed by atoms with Gasteiger partial charge in [0, 0.05) is 18.7 Å². The summed E-state index contributed by atoms with van der Waals surface area (Å²) in [7, 11) is 0. The normalized spacial score (nSPS) is 23.4. The molecular weight excluding hydrogens is 259 g/mol. The molecule has 0 radical (unpaired) electrons. The highest BCUT2D eigenvalue weighted by Crippen LogP contribution is 2.46. The number of benzene rings is 1. The Kier molecular flexibility index (Phi) is 3.61. The lowest BCUT2D eigenvalue weighted by atomic mass is 10.0. The fraction of sp³-hybridized carbons (Fsp3) is 0.533. The van der Waals surface area contributed by atoms with Crippen LogP contribution in [0.5, 0.6) is 0 Å². The number of rotatable bonds is 4. The van der Waals surface area contributed by atoms with Crippen molar-refractivity contribution in [2.45, 2.75) is 37.3 Å². The van der Waals surface area contributed by atoms with Gasteiger partial charge in [0.05, 0.1) is 11.6 Å². The molecule has 1 saturated heterocycles.